The van der Waals surface area contributed by atoms with Gasteiger partial charge in [-0.2, -0.15) is 0 Å². The van der Waals surface area contributed by atoms with Gasteiger partial charge in [0.05, 0.1) is 5.75 Å². The van der Waals surface area contributed by atoms with Gasteiger partial charge in [0, 0.05) is 25.8 Å². The van der Waals surface area contributed by atoms with Crippen molar-refractivity contribution in [2.45, 2.75) is 6.42 Å². The van der Waals surface area contributed by atoms with Crippen molar-refractivity contribution in [3.8, 4) is 0 Å². The summed E-state index contributed by atoms with van der Waals surface area (Å²) >= 11 is 0. The van der Waals surface area contributed by atoms with Crippen molar-refractivity contribution >= 4 is 15.7 Å². The van der Waals surface area contributed by atoms with Crippen LogP contribution in [0.4, 0.5) is 0 Å². The minimum absolute atomic E-state index is 0.0442. The van der Waals surface area contributed by atoms with Crippen LogP contribution in [0.1, 0.15) is 6.42 Å². The summed E-state index contributed by atoms with van der Waals surface area (Å²) in [6.45, 7) is 1.21. The van der Waals surface area contributed by atoms with Crippen LogP contribution >= 0.6 is 0 Å². The fraction of sp³-hybridized carbons (Fsp3) is 0.857. The highest BCUT2D eigenvalue weighted by atomic mass is 32.2. The molecule has 0 aromatic carbocycles. The van der Waals surface area contributed by atoms with Gasteiger partial charge in [0.25, 0.3) is 0 Å². The van der Waals surface area contributed by atoms with E-state index in [2.05, 4.69) is 10.6 Å². The van der Waals surface area contributed by atoms with Crippen molar-refractivity contribution in [2.75, 3.05) is 32.1 Å². The summed E-state index contributed by atoms with van der Waals surface area (Å²) < 4.78 is 21.3. The quantitative estimate of drug-likeness (QED) is 0.535. The maximum Gasteiger partial charge on any atom is 0.221 e. The summed E-state index contributed by atoms with van der Waals surface area (Å²) in [5.74, 6) is -0.307. The summed E-state index contributed by atoms with van der Waals surface area (Å²) in [6.07, 6.45) is 1.16. The Morgan fingerprint density at radius 2 is 1.92 bits per heavy atom. The Balaban J connectivity index is 3.53. The van der Waals surface area contributed by atoms with E-state index >= 15 is 0 Å². The molecule has 0 unspecified atom stereocenters. The average molecular weight is 208 g/mol. The molecule has 1 amide bonds. The first kappa shape index (κ1) is 12.4. The number of nitrogens with one attached hydrogen (secondary N) is 2. The molecule has 0 radical (unpaired) electrons. The average Bonchev–Trinajstić information content (AvgIpc) is 2.00. The summed E-state index contributed by atoms with van der Waals surface area (Å²) in [4.78, 5) is 11.0. The third kappa shape index (κ3) is 9.29. The molecule has 2 N–H and O–H groups in total. The maximum absolute atomic E-state index is 11.0. The Bertz CT molecular complexity index is 248. The summed E-state index contributed by atoms with van der Waals surface area (Å²) in [6, 6.07) is 0. The Kier molecular flexibility index (Phi) is 5.65. The highest BCUT2D eigenvalue weighted by molar-refractivity contribution is 7.90. The number of amides is 1. The van der Waals surface area contributed by atoms with Gasteiger partial charge in [0.2, 0.25) is 5.91 Å². The number of carbonyl (C=O) groups is 1. The molecule has 0 bridgehead atoms. The molecule has 5 nitrogen and oxygen atoms in total. The van der Waals surface area contributed by atoms with E-state index in [0.717, 1.165) is 6.26 Å². The van der Waals surface area contributed by atoms with Gasteiger partial charge in [-0.3, -0.25) is 4.79 Å². The molecule has 0 rings (SSSR count). The summed E-state index contributed by atoms with van der Waals surface area (Å²) in [7, 11) is -1.25. The van der Waals surface area contributed by atoms with Gasteiger partial charge < -0.3 is 10.6 Å². The molecule has 0 heterocycles. The summed E-state index contributed by atoms with van der Waals surface area (Å²) in [5, 5.41) is 5.45. The molecule has 0 aliphatic carbocycles. The molecule has 0 saturated heterocycles. The first-order valence-corrected chi connectivity index (χ1v) is 6.11. The molecule has 0 aliphatic heterocycles. The first-order chi connectivity index (χ1) is 5.95. The van der Waals surface area contributed by atoms with Crippen molar-refractivity contribution < 1.29 is 13.2 Å². The third-order valence-corrected chi connectivity index (χ3v) is 2.34. The Morgan fingerprint density at radius 3 is 2.38 bits per heavy atom. The van der Waals surface area contributed by atoms with E-state index in [9.17, 15) is 13.2 Å². The normalized spacial score (nSPS) is 11.2. The van der Waals surface area contributed by atoms with E-state index in [-0.39, 0.29) is 18.1 Å². The van der Waals surface area contributed by atoms with Crippen LogP contribution in [0.5, 0.6) is 0 Å². The molecule has 0 fully saturated rings. The molecule has 78 valence electrons. The Hall–Kier alpha value is -0.620. The smallest absolute Gasteiger partial charge is 0.221 e. The largest absolute Gasteiger partial charge is 0.355 e. The monoisotopic (exact) mass is 208 g/mol. The molecule has 0 spiro atoms. The zero-order chi connectivity index (χ0) is 10.3. The van der Waals surface area contributed by atoms with Gasteiger partial charge in [0.15, 0.2) is 0 Å². The second-order valence-corrected chi connectivity index (χ2v) is 5.09. The molecule has 6 heteroatoms. The second-order valence-electron chi connectivity index (χ2n) is 2.83. The van der Waals surface area contributed by atoms with Crippen LogP contribution in [0.25, 0.3) is 0 Å². The minimum Gasteiger partial charge on any atom is -0.355 e. The predicted octanol–water partition coefficient (Wildman–Crippen LogP) is -1.24. The SMILES string of the molecule is CNCCNC(=O)CCS(C)(=O)=O. The zero-order valence-corrected chi connectivity index (χ0v) is 8.78. The third-order valence-electron chi connectivity index (χ3n) is 1.40. The lowest BCUT2D eigenvalue weighted by Gasteiger charge is -2.03. The number of likely N-dealkylation sites (N-methyl/N-ethyl adjacent to an activating group) is 1. The molecule has 0 atom stereocenters. The summed E-state index contributed by atoms with van der Waals surface area (Å²) in [5.41, 5.74) is 0. The highest BCUT2D eigenvalue weighted by Crippen LogP contribution is 1.87. The van der Waals surface area contributed by atoms with Gasteiger partial charge >= 0.3 is 0 Å². The first-order valence-electron chi connectivity index (χ1n) is 4.05. The van der Waals surface area contributed by atoms with Crippen molar-refractivity contribution in [1.29, 1.82) is 0 Å². The zero-order valence-electron chi connectivity index (χ0n) is 7.96. The number of hydrogen-bond acceptors (Lipinski definition) is 4. The van der Waals surface area contributed by atoms with E-state index in [0.29, 0.717) is 13.1 Å². The fourth-order valence-electron chi connectivity index (χ4n) is 0.693. The molecule has 13 heavy (non-hydrogen) atoms. The van der Waals surface area contributed by atoms with Gasteiger partial charge in [-0.1, -0.05) is 0 Å². The number of hydrogen-bond donors (Lipinski definition) is 2. The van der Waals surface area contributed by atoms with E-state index in [1.807, 2.05) is 0 Å². The minimum atomic E-state index is -3.03. The topological polar surface area (TPSA) is 75.3 Å². The van der Waals surface area contributed by atoms with Gasteiger partial charge in [-0.25, -0.2) is 8.42 Å². The molecule has 0 aromatic heterocycles. The van der Waals surface area contributed by atoms with Crippen LogP contribution in [-0.4, -0.2) is 46.5 Å². The van der Waals surface area contributed by atoms with Crippen molar-refractivity contribution in [2.24, 2.45) is 0 Å². The van der Waals surface area contributed by atoms with Gasteiger partial charge in [-0.15, -0.1) is 0 Å². The second kappa shape index (κ2) is 5.93. The fourth-order valence-corrected chi connectivity index (χ4v) is 1.25. The number of carbonyl (C=O) groups excluding carboxylic acids is 1. The molecule has 0 aromatic rings. The van der Waals surface area contributed by atoms with Crippen LogP contribution in [-0.2, 0) is 14.6 Å². The van der Waals surface area contributed by atoms with Gasteiger partial charge in [0.1, 0.15) is 9.84 Å². The standard InChI is InChI=1S/C7H16N2O3S/c1-8-4-5-9-7(10)3-6-13(2,11)12/h8H,3-6H2,1-2H3,(H,9,10). The Labute approximate surface area is 78.8 Å². The van der Waals surface area contributed by atoms with Gasteiger partial charge in [-0.05, 0) is 7.05 Å². The highest BCUT2D eigenvalue weighted by Gasteiger charge is 2.06. The van der Waals surface area contributed by atoms with E-state index in [1.165, 1.54) is 0 Å². The van der Waals surface area contributed by atoms with Crippen molar-refractivity contribution in [3.63, 3.8) is 0 Å². The lowest BCUT2D eigenvalue weighted by Crippen LogP contribution is -2.31. The number of sulfone groups is 1. The maximum atomic E-state index is 11.0. The molecule has 0 aliphatic rings. The Morgan fingerprint density at radius 1 is 1.31 bits per heavy atom. The van der Waals surface area contributed by atoms with Crippen LogP contribution in [0.15, 0.2) is 0 Å². The van der Waals surface area contributed by atoms with Crippen LogP contribution in [0.3, 0.4) is 0 Å². The lowest BCUT2D eigenvalue weighted by atomic mass is 10.4. The van der Waals surface area contributed by atoms with E-state index < -0.39 is 9.84 Å². The molecular weight excluding hydrogens is 192 g/mol. The van der Waals surface area contributed by atoms with Crippen LogP contribution < -0.4 is 10.6 Å². The van der Waals surface area contributed by atoms with Crippen LogP contribution in [0.2, 0.25) is 0 Å². The molecule has 0 saturated carbocycles. The number of rotatable bonds is 6. The van der Waals surface area contributed by atoms with E-state index in [1.54, 1.807) is 7.05 Å². The van der Waals surface area contributed by atoms with Crippen molar-refractivity contribution in [1.82, 2.24) is 10.6 Å². The lowest BCUT2D eigenvalue weighted by molar-refractivity contribution is -0.120. The van der Waals surface area contributed by atoms with Crippen LogP contribution in [0, 0.1) is 0 Å². The van der Waals surface area contributed by atoms with E-state index in [4.69, 9.17) is 0 Å². The predicted molar refractivity (Wildman–Crippen MR) is 51.3 cm³/mol. The van der Waals surface area contributed by atoms with Crippen molar-refractivity contribution in [3.05, 3.63) is 0 Å². The molecular formula is C7H16N2O3S.